The minimum atomic E-state index is -0.705. The molecule has 2 atom stereocenters. The SMILES string of the molecule is [N-]=[N+]=NC1CN(C(=O)OCc2ccccc2)CCC1O. The number of hydrogen-bond donors (Lipinski definition) is 1. The number of azide groups is 1. The Hall–Kier alpha value is -2.24. The fraction of sp³-hybridized carbons (Fsp3) is 0.462. The molecule has 1 aromatic rings. The van der Waals surface area contributed by atoms with E-state index in [1.807, 2.05) is 30.3 Å². The van der Waals surface area contributed by atoms with Crippen LogP contribution in [0.2, 0.25) is 0 Å². The van der Waals surface area contributed by atoms with Crippen molar-refractivity contribution in [2.24, 2.45) is 5.11 Å². The van der Waals surface area contributed by atoms with E-state index in [1.54, 1.807) is 0 Å². The zero-order valence-electron chi connectivity index (χ0n) is 10.9. The number of rotatable bonds is 3. The van der Waals surface area contributed by atoms with Gasteiger partial charge in [-0.1, -0.05) is 35.4 Å². The van der Waals surface area contributed by atoms with Gasteiger partial charge in [0.05, 0.1) is 12.1 Å². The molecule has 7 nitrogen and oxygen atoms in total. The van der Waals surface area contributed by atoms with E-state index in [0.717, 1.165) is 5.56 Å². The van der Waals surface area contributed by atoms with Gasteiger partial charge in [-0.3, -0.25) is 0 Å². The van der Waals surface area contributed by atoms with Crippen LogP contribution in [0, 0.1) is 0 Å². The molecule has 2 unspecified atom stereocenters. The number of hydrogen-bond acceptors (Lipinski definition) is 4. The summed E-state index contributed by atoms with van der Waals surface area (Å²) in [4.78, 5) is 16.1. The zero-order chi connectivity index (χ0) is 14.4. The van der Waals surface area contributed by atoms with Gasteiger partial charge in [-0.15, -0.1) is 0 Å². The number of piperidine rings is 1. The van der Waals surface area contributed by atoms with Gasteiger partial charge in [0.2, 0.25) is 0 Å². The van der Waals surface area contributed by atoms with E-state index in [-0.39, 0.29) is 13.2 Å². The van der Waals surface area contributed by atoms with Crippen molar-refractivity contribution in [3.63, 3.8) is 0 Å². The number of benzene rings is 1. The van der Waals surface area contributed by atoms with Crippen molar-refractivity contribution in [1.82, 2.24) is 4.90 Å². The number of amides is 1. The molecule has 7 heteroatoms. The molecule has 1 heterocycles. The molecule has 1 aliphatic heterocycles. The van der Waals surface area contributed by atoms with Gasteiger partial charge >= 0.3 is 6.09 Å². The molecule has 1 amide bonds. The third kappa shape index (κ3) is 3.63. The normalized spacial score (nSPS) is 21.9. The zero-order valence-corrected chi connectivity index (χ0v) is 10.9. The topological polar surface area (TPSA) is 98.5 Å². The predicted octanol–water partition coefficient (Wildman–Crippen LogP) is 2.07. The van der Waals surface area contributed by atoms with Gasteiger partial charge < -0.3 is 14.7 Å². The first-order valence-electron chi connectivity index (χ1n) is 6.38. The molecule has 0 bridgehead atoms. The third-order valence-corrected chi connectivity index (χ3v) is 3.21. The van der Waals surface area contributed by atoms with Crippen LogP contribution in [0.1, 0.15) is 12.0 Å². The van der Waals surface area contributed by atoms with Crippen LogP contribution in [-0.2, 0) is 11.3 Å². The Morgan fingerprint density at radius 3 is 2.95 bits per heavy atom. The van der Waals surface area contributed by atoms with Gasteiger partial charge in [0, 0.05) is 18.0 Å². The number of carbonyl (C=O) groups excluding carboxylic acids is 1. The lowest BCUT2D eigenvalue weighted by Gasteiger charge is -2.33. The summed E-state index contributed by atoms with van der Waals surface area (Å²) in [5, 5.41) is 13.2. The smallest absolute Gasteiger partial charge is 0.410 e. The number of aliphatic hydroxyl groups is 1. The molecule has 1 saturated heterocycles. The second-order valence-corrected chi connectivity index (χ2v) is 4.61. The van der Waals surface area contributed by atoms with Crippen molar-refractivity contribution in [2.45, 2.75) is 25.2 Å². The summed E-state index contributed by atoms with van der Waals surface area (Å²) in [7, 11) is 0. The largest absolute Gasteiger partial charge is 0.445 e. The fourth-order valence-corrected chi connectivity index (χ4v) is 2.08. The molecule has 0 radical (unpaired) electrons. The number of aliphatic hydroxyl groups excluding tert-OH is 1. The second-order valence-electron chi connectivity index (χ2n) is 4.61. The van der Waals surface area contributed by atoms with E-state index in [4.69, 9.17) is 10.3 Å². The van der Waals surface area contributed by atoms with Gasteiger partial charge in [0.25, 0.3) is 0 Å². The lowest BCUT2D eigenvalue weighted by molar-refractivity contribution is 0.0442. The van der Waals surface area contributed by atoms with Crippen molar-refractivity contribution in [1.29, 1.82) is 0 Å². The highest BCUT2D eigenvalue weighted by Gasteiger charge is 2.30. The van der Waals surface area contributed by atoms with Crippen LogP contribution >= 0.6 is 0 Å². The molecule has 1 N–H and O–H groups in total. The Kier molecular flexibility index (Phi) is 4.81. The maximum Gasteiger partial charge on any atom is 0.410 e. The van der Waals surface area contributed by atoms with Crippen LogP contribution in [0.15, 0.2) is 35.4 Å². The number of likely N-dealkylation sites (tertiary alicyclic amines) is 1. The first kappa shape index (κ1) is 14.2. The monoisotopic (exact) mass is 276 g/mol. The molecule has 0 aromatic heterocycles. The Balaban J connectivity index is 1.88. The number of ether oxygens (including phenoxy) is 1. The van der Waals surface area contributed by atoms with Gasteiger partial charge in [0.1, 0.15) is 6.61 Å². The van der Waals surface area contributed by atoms with Crippen molar-refractivity contribution >= 4 is 6.09 Å². The maximum absolute atomic E-state index is 11.9. The molecule has 1 fully saturated rings. The van der Waals surface area contributed by atoms with Gasteiger partial charge in [-0.05, 0) is 17.5 Å². The van der Waals surface area contributed by atoms with E-state index >= 15 is 0 Å². The van der Waals surface area contributed by atoms with Gasteiger partial charge in [-0.2, -0.15) is 0 Å². The molecule has 0 saturated carbocycles. The van der Waals surface area contributed by atoms with Crippen molar-refractivity contribution < 1.29 is 14.6 Å². The Labute approximate surface area is 116 Å². The summed E-state index contributed by atoms with van der Waals surface area (Å²) in [5.41, 5.74) is 9.33. The average molecular weight is 276 g/mol. The summed E-state index contributed by atoms with van der Waals surface area (Å²) < 4.78 is 5.20. The number of carbonyl (C=O) groups is 1. The highest BCUT2D eigenvalue weighted by atomic mass is 16.6. The molecule has 20 heavy (non-hydrogen) atoms. The van der Waals surface area contributed by atoms with Crippen molar-refractivity contribution in [3.05, 3.63) is 46.3 Å². The van der Waals surface area contributed by atoms with Crippen LogP contribution in [0.4, 0.5) is 4.79 Å². The van der Waals surface area contributed by atoms with Crippen LogP contribution in [0.25, 0.3) is 10.4 Å². The van der Waals surface area contributed by atoms with E-state index in [1.165, 1.54) is 4.90 Å². The second kappa shape index (κ2) is 6.79. The Morgan fingerprint density at radius 1 is 1.50 bits per heavy atom. The Bertz CT molecular complexity index is 502. The molecular formula is C13H16N4O3. The van der Waals surface area contributed by atoms with Crippen LogP contribution < -0.4 is 0 Å². The minimum Gasteiger partial charge on any atom is -0.445 e. The quantitative estimate of drug-likeness (QED) is 0.519. The van der Waals surface area contributed by atoms with Crippen molar-refractivity contribution in [2.75, 3.05) is 13.1 Å². The number of nitrogens with zero attached hydrogens (tertiary/aromatic N) is 4. The first-order valence-corrected chi connectivity index (χ1v) is 6.38. The third-order valence-electron chi connectivity index (χ3n) is 3.21. The van der Waals surface area contributed by atoms with Gasteiger partial charge in [-0.25, -0.2) is 4.79 Å². The summed E-state index contributed by atoms with van der Waals surface area (Å²) in [6, 6.07) is 8.77. The first-order chi connectivity index (χ1) is 9.70. The van der Waals surface area contributed by atoms with E-state index in [9.17, 15) is 9.90 Å². The average Bonchev–Trinajstić information content (AvgIpc) is 2.48. The predicted molar refractivity (Wildman–Crippen MR) is 71.8 cm³/mol. The minimum absolute atomic E-state index is 0.179. The molecule has 0 spiro atoms. The van der Waals surface area contributed by atoms with Crippen LogP contribution in [0.5, 0.6) is 0 Å². The summed E-state index contributed by atoms with van der Waals surface area (Å²) in [5.74, 6) is 0. The molecule has 1 aliphatic rings. The molecule has 1 aromatic carbocycles. The van der Waals surface area contributed by atoms with Crippen LogP contribution in [-0.4, -0.2) is 41.3 Å². The standard InChI is InChI=1S/C13H16N4O3/c14-16-15-11-8-17(7-6-12(11)18)13(19)20-9-10-4-2-1-3-5-10/h1-5,11-12,18H,6-9H2. The molecule has 106 valence electrons. The molecular weight excluding hydrogens is 260 g/mol. The van der Waals surface area contributed by atoms with Gasteiger partial charge in [0.15, 0.2) is 0 Å². The van der Waals surface area contributed by atoms with E-state index < -0.39 is 18.2 Å². The fourth-order valence-electron chi connectivity index (χ4n) is 2.08. The lowest BCUT2D eigenvalue weighted by atomic mass is 10.0. The highest BCUT2D eigenvalue weighted by Crippen LogP contribution is 2.15. The van der Waals surface area contributed by atoms with Crippen LogP contribution in [0.3, 0.4) is 0 Å². The highest BCUT2D eigenvalue weighted by molar-refractivity contribution is 5.67. The molecule has 0 aliphatic carbocycles. The Morgan fingerprint density at radius 2 is 2.25 bits per heavy atom. The summed E-state index contributed by atoms with van der Waals surface area (Å²) in [6.45, 7) is 0.774. The molecule has 2 rings (SSSR count). The van der Waals surface area contributed by atoms with E-state index in [2.05, 4.69) is 10.0 Å². The van der Waals surface area contributed by atoms with E-state index in [0.29, 0.717) is 13.0 Å². The maximum atomic E-state index is 11.9. The lowest BCUT2D eigenvalue weighted by Crippen LogP contribution is -2.48. The summed E-state index contributed by atoms with van der Waals surface area (Å²) >= 11 is 0. The van der Waals surface area contributed by atoms with Crippen molar-refractivity contribution in [3.8, 4) is 0 Å². The summed E-state index contributed by atoms with van der Waals surface area (Å²) in [6.07, 6.45) is -0.785.